The lowest BCUT2D eigenvalue weighted by Crippen LogP contribution is -2.50. The SMILES string of the molecule is CNc1cc(NC2=CC=CN([C@H]3CC[C@](C)(OC)CC3)C2O)nc2c(C(=O)NC3CCC3O)cnn12. The highest BCUT2D eigenvalue weighted by Crippen LogP contribution is 2.35. The van der Waals surface area contributed by atoms with Gasteiger partial charge >= 0.3 is 0 Å². The maximum Gasteiger partial charge on any atom is 0.257 e. The Bertz CT molecular complexity index is 1180. The second-order valence-corrected chi connectivity index (χ2v) is 10.1. The fraction of sp³-hybridized carbons (Fsp3) is 0.560. The molecule has 0 aromatic carbocycles. The Morgan fingerprint density at radius 1 is 1.22 bits per heavy atom. The van der Waals surface area contributed by atoms with Crippen LogP contribution in [0.2, 0.25) is 0 Å². The topological polar surface area (TPSA) is 136 Å². The lowest BCUT2D eigenvalue weighted by atomic mass is 9.82. The van der Waals surface area contributed by atoms with Crippen LogP contribution in [0, 0.1) is 0 Å². The van der Waals surface area contributed by atoms with Crippen LogP contribution in [-0.4, -0.2) is 79.8 Å². The van der Waals surface area contributed by atoms with E-state index in [1.807, 2.05) is 23.3 Å². The predicted molar refractivity (Wildman–Crippen MR) is 135 cm³/mol. The van der Waals surface area contributed by atoms with Gasteiger partial charge in [0, 0.05) is 32.5 Å². The molecule has 36 heavy (non-hydrogen) atoms. The minimum absolute atomic E-state index is 0.104. The van der Waals surface area contributed by atoms with Gasteiger partial charge in [-0.3, -0.25) is 4.79 Å². The summed E-state index contributed by atoms with van der Waals surface area (Å²) >= 11 is 0. The largest absolute Gasteiger partial charge is 0.391 e. The van der Waals surface area contributed by atoms with Gasteiger partial charge in [-0.1, -0.05) is 0 Å². The van der Waals surface area contributed by atoms with Crippen molar-refractivity contribution in [1.82, 2.24) is 24.8 Å². The first-order valence-electron chi connectivity index (χ1n) is 12.5. The third-order valence-electron chi connectivity index (χ3n) is 7.82. The quantitative estimate of drug-likeness (QED) is 0.388. The first-order chi connectivity index (χ1) is 17.3. The number of anilines is 2. The van der Waals surface area contributed by atoms with Crippen molar-refractivity contribution < 1.29 is 19.7 Å². The number of rotatable bonds is 7. The molecule has 0 bridgehead atoms. The molecule has 3 heterocycles. The fourth-order valence-electron chi connectivity index (χ4n) is 5.13. The summed E-state index contributed by atoms with van der Waals surface area (Å²) in [6, 6.07) is 1.73. The lowest BCUT2D eigenvalue weighted by molar-refractivity contribution is -0.0535. The Labute approximate surface area is 210 Å². The number of carbonyl (C=O) groups is 1. The molecule has 11 nitrogen and oxygen atoms in total. The Kier molecular flexibility index (Phi) is 6.62. The molecule has 2 aromatic heterocycles. The van der Waals surface area contributed by atoms with Crippen LogP contribution in [0.3, 0.4) is 0 Å². The van der Waals surface area contributed by atoms with E-state index in [9.17, 15) is 15.0 Å². The Morgan fingerprint density at radius 3 is 2.64 bits per heavy atom. The number of hydrogen-bond acceptors (Lipinski definition) is 9. The molecule has 3 unspecified atom stereocenters. The number of nitrogens with one attached hydrogen (secondary N) is 3. The number of hydrogen-bond donors (Lipinski definition) is 5. The normalized spacial score (nSPS) is 30.0. The van der Waals surface area contributed by atoms with Crippen molar-refractivity contribution in [3.05, 3.63) is 41.9 Å². The number of amides is 1. The molecule has 3 aliphatic rings. The summed E-state index contributed by atoms with van der Waals surface area (Å²) in [5, 5.41) is 34.5. The van der Waals surface area contributed by atoms with Crippen LogP contribution in [0.15, 0.2) is 36.3 Å². The molecular formula is C25H35N7O4. The van der Waals surface area contributed by atoms with E-state index >= 15 is 0 Å². The second kappa shape index (κ2) is 9.72. The van der Waals surface area contributed by atoms with Crippen LogP contribution >= 0.6 is 0 Å². The average Bonchev–Trinajstić information content (AvgIpc) is 3.32. The molecule has 11 heteroatoms. The van der Waals surface area contributed by atoms with Crippen LogP contribution in [0.4, 0.5) is 11.6 Å². The van der Waals surface area contributed by atoms with Gasteiger partial charge in [-0.15, -0.1) is 0 Å². The number of carbonyl (C=O) groups excluding carboxylic acids is 1. The minimum atomic E-state index is -0.851. The van der Waals surface area contributed by atoms with Gasteiger partial charge in [-0.05, 0) is 57.6 Å². The monoisotopic (exact) mass is 497 g/mol. The van der Waals surface area contributed by atoms with Gasteiger partial charge in [0.2, 0.25) is 0 Å². The van der Waals surface area contributed by atoms with Crippen molar-refractivity contribution in [2.45, 2.75) is 75.5 Å². The van der Waals surface area contributed by atoms with E-state index < -0.39 is 12.3 Å². The highest BCUT2D eigenvalue weighted by atomic mass is 16.5. The number of allylic oxidation sites excluding steroid dienone is 2. The van der Waals surface area contributed by atoms with Gasteiger partial charge in [-0.25, -0.2) is 4.98 Å². The van der Waals surface area contributed by atoms with Crippen molar-refractivity contribution >= 4 is 23.2 Å². The maximum atomic E-state index is 12.9. The molecule has 5 rings (SSSR count). The van der Waals surface area contributed by atoms with E-state index in [4.69, 9.17) is 4.74 Å². The van der Waals surface area contributed by atoms with E-state index in [1.165, 1.54) is 6.20 Å². The molecule has 0 radical (unpaired) electrons. The Hall–Kier alpha value is -3.15. The van der Waals surface area contributed by atoms with E-state index in [-0.39, 0.29) is 23.6 Å². The number of nitrogens with zero attached hydrogens (tertiary/aromatic N) is 4. The summed E-state index contributed by atoms with van der Waals surface area (Å²) in [4.78, 5) is 19.5. The molecule has 1 amide bonds. The number of fused-ring (bicyclic) bond motifs is 1. The molecule has 0 saturated heterocycles. The first kappa shape index (κ1) is 24.5. The van der Waals surface area contributed by atoms with Crippen LogP contribution < -0.4 is 16.0 Å². The molecule has 2 aromatic rings. The molecule has 3 atom stereocenters. The highest BCUT2D eigenvalue weighted by molar-refractivity contribution is 6.00. The molecule has 2 saturated carbocycles. The number of ether oxygens (including phenoxy) is 1. The lowest BCUT2D eigenvalue weighted by Gasteiger charge is -2.43. The molecule has 5 N–H and O–H groups in total. The number of aromatic nitrogens is 3. The molecule has 194 valence electrons. The van der Waals surface area contributed by atoms with Crippen LogP contribution in [0.25, 0.3) is 5.65 Å². The Balaban J connectivity index is 1.34. The third kappa shape index (κ3) is 4.54. The fourth-order valence-corrected chi connectivity index (χ4v) is 5.13. The zero-order chi connectivity index (χ0) is 25.4. The third-order valence-corrected chi connectivity index (χ3v) is 7.82. The molecule has 1 aliphatic heterocycles. The standard InChI is InChI=1S/C25H35N7O4/c1-25(36-3)10-8-15(9-11-25)31-12-4-5-18(24(31)35)28-20-13-21(26-2)32-22(30-20)16(14-27-32)23(34)29-17-6-7-19(17)33/h4-5,12-15,17,19,24,26,33,35H,6-11H2,1-3H3,(H,28,30)(H,29,34)/t15-,17?,19?,24?,25-. The summed E-state index contributed by atoms with van der Waals surface area (Å²) in [6.07, 6.45) is 10.9. The zero-order valence-electron chi connectivity index (χ0n) is 20.9. The molecule has 2 fully saturated rings. The van der Waals surface area contributed by atoms with Crippen molar-refractivity contribution in [3.8, 4) is 0 Å². The predicted octanol–water partition coefficient (Wildman–Crippen LogP) is 1.82. The van der Waals surface area contributed by atoms with Gasteiger partial charge in [0.25, 0.3) is 5.91 Å². The van der Waals surface area contributed by atoms with E-state index in [0.717, 1.165) is 32.1 Å². The smallest absolute Gasteiger partial charge is 0.257 e. The van der Waals surface area contributed by atoms with E-state index in [1.54, 1.807) is 24.7 Å². The summed E-state index contributed by atoms with van der Waals surface area (Å²) in [6.45, 7) is 2.14. The molecular weight excluding hydrogens is 462 g/mol. The summed E-state index contributed by atoms with van der Waals surface area (Å²) in [7, 11) is 3.52. The summed E-state index contributed by atoms with van der Waals surface area (Å²) in [5.74, 6) is 0.780. The average molecular weight is 498 g/mol. The van der Waals surface area contributed by atoms with Crippen LogP contribution in [0.5, 0.6) is 0 Å². The Morgan fingerprint density at radius 2 is 2.00 bits per heavy atom. The van der Waals surface area contributed by atoms with Gasteiger partial charge < -0.3 is 35.8 Å². The van der Waals surface area contributed by atoms with Crippen LogP contribution in [0.1, 0.15) is 55.8 Å². The van der Waals surface area contributed by atoms with Gasteiger partial charge in [0.05, 0.1) is 29.6 Å². The second-order valence-electron chi connectivity index (χ2n) is 10.1. The number of methoxy groups -OCH3 is 1. The summed E-state index contributed by atoms with van der Waals surface area (Å²) in [5.41, 5.74) is 1.18. The summed E-state index contributed by atoms with van der Waals surface area (Å²) < 4.78 is 7.23. The van der Waals surface area contributed by atoms with Gasteiger partial charge in [0.15, 0.2) is 11.9 Å². The number of aliphatic hydroxyl groups is 2. The van der Waals surface area contributed by atoms with Crippen molar-refractivity contribution in [2.24, 2.45) is 0 Å². The minimum Gasteiger partial charge on any atom is -0.391 e. The van der Waals surface area contributed by atoms with Crippen molar-refractivity contribution in [1.29, 1.82) is 0 Å². The van der Waals surface area contributed by atoms with Gasteiger partial charge in [0.1, 0.15) is 17.2 Å². The van der Waals surface area contributed by atoms with Crippen molar-refractivity contribution in [2.75, 3.05) is 24.8 Å². The van der Waals surface area contributed by atoms with E-state index in [0.29, 0.717) is 35.0 Å². The first-order valence-corrected chi connectivity index (χ1v) is 12.5. The molecule has 2 aliphatic carbocycles. The van der Waals surface area contributed by atoms with E-state index in [2.05, 4.69) is 33.0 Å². The molecule has 0 spiro atoms. The zero-order valence-corrected chi connectivity index (χ0v) is 20.9. The van der Waals surface area contributed by atoms with Crippen molar-refractivity contribution in [3.63, 3.8) is 0 Å². The van der Waals surface area contributed by atoms with Gasteiger partial charge in [-0.2, -0.15) is 9.61 Å². The number of aliphatic hydroxyl groups excluding tert-OH is 2. The highest BCUT2D eigenvalue weighted by Gasteiger charge is 2.36. The van der Waals surface area contributed by atoms with Crippen LogP contribution in [-0.2, 0) is 4.74 Å². The maximum absolute atomic E-state index is 12.9.